The van der Waals surface area contributed by atoms with Gasteiger partial charge in [0.15, 0.2) is 0 Å². The summed E-state index contributed by atoms with van der Waals surface area (Å²) in [5.74, 6) is -0.220. The lowest BCUT2D eigenvalue weighted by atomic mass is 10.0. The molecule has 0 aromatic heterocycles. The molecule has 92 valence electrons. The summed E-state index contributed by atoms with van der Waals surface area (Å²) in [6.45, 7) is 0.876. The minimum absolute atomic E-state index is 0.171. The Bertz CT molecular complexity index is 366. The minimum Gasteiger partial charge on any atom is -0.390 e. The van der Waals surface area contributed by atoms with Crippen molar-refractivity contribution >= 4 is 0 Å². The van der Waals surface area contributed by atoms with Crippen LogP contribution in [-0.4, -0.2) is 41.2 Å². The zero-order chi connectivity index (χ0) is 11.8. The van der Waals surface area contributed by atoms with Crippen molar-refractivity contribution in [3.8, 4) is 0 Å². The third-order valence-electron chi connectivity index (χ3n) is 3.53. The Morgan fingerprint density at radius 3 is 2.35 bits per heavy atom. The topological polar surface area (TPSA) is 62.2 Å². The van der Waals surface area contributed by atoms with Crippen LogP contribution in [0.4, 0.5) is 0 Å². The van der Waals surface area contributed by atoms with Crippen molar-refractivity contribution in [1.29, 1.82) is 0 Å². The highest BCUT2D eigenvalue weighted by Gasteiger charge is 2.61. The maximum absolute atomic E-state index is 9.80. The monoisotopic (exact) mass is 236 g/mol. The smallest absolute Gasteiger partial charge is 0.113 e. The van der Waals surface area contributed by atoms with Crippen LogP contribution in [0.15, 0.2) is 30.3 Å². The molecule has 4 nitrogen and oxygen atoms in total. The lowest BCUT2D eigenvalue weighted by molar-refractivity contribution is -0.0509. The van der Waals surface area contributed by atoms with Gasteiger partial charge in [-0.3, -0.25) is 0 Å². The van der Waals surface area contributed by atoms with E-state index in [4.69, 9.17) is 9.47 Å². The minimum atomic E-state index is -0.592. The predicted molar refractivity (Wildman–Crippen MR) is 60.3 cm³/mol. The summed E-state index contributed by atoms with van der Waals surface area (Å²) < 4.78 is 10.7. The van der Waals surface area contributed by atoms with Crippen LogP contribution in [0.5, 0.6) is 0 Å². The molecule has 1 heterocycles. The van der Waals surface area contributed by atoms with E-state index in [0.29, 0.717) is 13.2 Å². The molecule has 0 radical (unpaired) electrons. The van der Waals surface area contributed by atoms with Gasteiger partial charge in [0.2, 0.25) is 0 Å². The van der Waals surface area contributed by atoms with E-state index in [1.807, 2.05) is 30.3 Å². The Hall–Kier alpha value is -0.940. The molecule has 2 aliphatic rings. The van der Waals surface area contributed by atoms with Crippen molar-refractivity contribution in [2.45, 2.75) is 31.0 Å². The van der Waals surface area contributed by atoms with Crippen LogP contribution >= 0.6 is 0 Å². The van der Waals surface area contributed by atoms with E-state index in [9.17, 15) is 10.2 Å². The Labute approximate surface area is 99.8 Å². The SMILES string of the molecule is O[C@@H]1C(COCc2ccccc2)[C@H](O)[C@@H]2O[C@@H]21. The number of ether oxygens (including phenoxy) is 2. The summed E-state index contributed by atoms with van der Waals surface area (Å²) in [6.07, 6.45) is -1.53. The molecule has 17 heavy (non-hydrogen) atoms. The van der Waals surface area contributed by atoms with Gasteiger partial charge in [-0.1, -0.05) is 30.3 Å². The molecule has 1 unspecified atom stereocenters. The van der Waals surface area contributed by atoms with Gasteiger partial charge in [0.25, 0.3) is 0 Å². The number of rotatable bonds is 4. The molecule has 1 saturated carbocycles. The van der Waals surface area contributed by atoms with Crippen LogP contribution in [0.2, 0.25) is 0 Å². The molecule has 4 heteroatoms. The predicted octanol–water partition coefficient (Wildman–Crippen LogP) is 0.322. The molecule has 0 amide bonds. The molecule has 1 aliphatic heterocycles. The van der Waals surface area contributed by atoms with Gasteiger partial charge in [0.1, 0.15) is 12.2 Å². The van der Waals surface area contributed by atoms with E-state index in [1.165, 1.54) is 0 Å². The lowest BCUT2D eigenvalue weighted by Crippen LogP contribution is -2.33. The molecule has 1 saturated heterocycles. The van der Waals surface area contributed by atoms with E-state index in [1.54, 1.807) is 0 Å². The number of hydrogen-bond donors (Lipinski definition) is 2. The molecular weight excluding hydrogens is 220 g/mol. The molecular formula is C13H16O4. The Morgan fingerprint density at radius 1 is 1.06 bits per heavy atom. The molecule has 2 N–H and O–H groups in total. The number of epoxide rings is 1. The van der Waals surface area contributed by atoms with E-state index >= 15 is 0 Å². The fourth-order valence-corrected chi connectivity index (χ4v) is 2.46. The molecule has 1 aliphatic carbocycles. The lowest BCUT2D eigenvalue weighted by Gasteiger charge is -2.20. The molecule has 0 bridgehead atoms. The summed E-state index contributed by atoms with van der Waals surface area (Å²) in [7, 11) is 0. The molecule has 5 atom stereocenters. The van der Waals surface area contributed by atoms with Gasteiger partial charge in [-0.15, -0.1) is 0 Å². The van der Waals surface area contributed by atoms with Gasteiger partial charge in [0.05, 0.1) is 25.4 Å². The second-order valence-electron chi connectivity index (χ2n) is 4.71. The average Bonchev–Trinajstić information content (AvgIpc) is 3.10. The number of fused-ring (bicyclic) bond motifs is 1. The van der Waals surface area contributed by atoms with E-state index in [0.717, 1.165) is 5.56 Å². The Kier molecular flexibility index (Phi) is 2.88. The van der Waals surface area contributed by atoms with Crippen LogP contribution in [-0.2, 0) is 16.1 Å². The fourth-order valence-electron chi connectivity index (χ4n) is 2.46. The van der Waals surface area contributed by atoms with Gasteiger partial charge in [-0.05, 0) is 5.56 Å². The van der Waals surface area contributed by atoms with Gasteiger partial charge >= 0.3 is 0 Å². The highest BCUT2D eigenvalue weighted by Crippen LogP contribution is 2.42. The van der Waals surface area contributed by atoms with E-state index < -0.39 is 12.2 Å². The van der Waals surface area contributed by atoms with Crippen molar-refractivity contribution < 1.29 is 19.7 Å². The van der Waals surface area contributed by atoms with Crippen molar-refractivity contribution in [2.24, 2.45) is 5.92 Å². The molecule has 2 fully saturated rings. The third kappa shape index (κ3) is 2.09. The fraction of sp³-hybridized carbons (Fsp3) is 0.538. The van der Waals surface area contributed by atoms with Crippen LogP contribution < -0.4 is 0 Å². The van der Waals surface area contributed by atoms with Crippen LogP contribution in [0.25, 0.3) is 0 Å². The third-order valence-corrected chi connectivity index (χ3v) is 3.53. The second-order valence-corrected chi connectivity index (χ2v) is 4.71. The largest absolute Gasteiger partial charge is 0.390 e. The van der Waals surface area contributed by atoms with Crippen molar-refractivity contribution in [2.75, 3.05) is 6.61 Å². The van der Waals surface area contributed by atoms with Gasteiger partial charge in [0, 0.05) is 5.92 Å². The number of aliphatic hydroxyl groups is 2. The summed E-state index contributed by atoms with van der Waals surface area (Å²) in [6, 6.07) is 9.85. The normalized spacial score (nSPS) is 39.1. The zero-order valence-corrected chi connectivity index (χ0v) is 9.40. The number of aliphatic hydroxyl groups excluding tert-OH is 2. The summed E-state index contributed by atoms with van der Waals surface area (Å²) in [4.78, 5) is 0. The summed E-state index contributed by atoms with van der Waals surface area (Å²) in [5.41, 5.74) is 1.09. The van der Waals surface area contributed by atoms with E-state index in [2.05, 4.69) is 0 Å². The Morgan fingerprint density at radius 2 is 1.71 bits per heavy atom. The molecule has 3 rings (SSSR count). The second kappa shape index (κ2) is 4.38. The van der Waals surface area contributed by atoms with Crippen molar-refractivity contribution in [1.82, 2.24) is 0 Å². The molecule has 1 aromatic rings. The van der Waals surface area contributed by atoms with Crippen LogP contribution in [0.3, 0.4) is 0 Å². The van der Waals surface area contributed by atoms with Gasteiger partial charge in [-0.25, -0.2) is 0 Å². The highest BCUT2D eigenvalue weighted by atomic mass is 16.6. The van der Waals surface area contributed by atoms with E-state index in [-0.39, 0.29) is 18.1 Å². The summed E-state index contributed by atoms with van der Waals surface area (Å²) >= 11 is 0. The Balaban J connectivity index is 1.49. The first-order valence-corrected chi connectivity index (χ1v) is 5.90. The quantitative estimate of drug-likeness (QED) is 0.739. The zero-order valence-electron chi connectivity index (χ0n) is 9.40. The number of benzene rings is 1. The molecule has 0 spiro atoms. The standard InChI is InChI=1S/C13H16O4/c14-10-9(11(15)13-12(10)17-13)7-16-6-8-4-2-1-3-5-8/h1-5,9-15H,6-7H2/t9?,10-,11+,12-,13+. The average molecular weight is 236 g/mol. The van der Waals surface area contributed by atoms with Crippen molar-refractivity contribution in [3.63, 3.8) is 0 Å². The maximum atomic E-state index is 9.80. The first kappa shape index (κ1) is 11.2. The van der Waals surface area contributed by atoms with Crippen molar-refractivity contribution in [3.05, 3.63) is 35.9 Å². The highest BCUT2D eigenvalue weighted by molar-refractivity contribution is 5.13. The first-order valence-electron chi connectivity index (χ1n) is 5.90. The van der Waals surface area contributed by atoms with Gasteiger partial charge < -0.3 is 19.7 Å². The first-order chi connectivity index (χ1) is 8.27. The van der Waals surface area contributed by atoms with Gasteiger partial charge in [-0.2, -0.15) is 0 Å². The molecule has 1 aromatic carbocycles. The van der Waals surface area contributed by atoms with Crippen LogP contribution in [0.1, 0.15) is 5.56 Å². The number of hydrogen-bond acceptors (Lipinski definition) is 4. The maximum Gasteiger partial charge on any atom is 0.113 e. The van der Waals surface area contributed by atoms with Crippen LogP contribution in [0, 0.1) is 5.92 Å². The summed E-state index contributed by atoms with van der Waals surface area (Å²) in [5, 5.41) is 19.6.